The number of ketones is 1. The highest BCUT2D eigenvalue weighted by Crippen LogP contribution is 2.58. The number of aromatic hydroxyl groups is 1. The second-order valence-corrected chi connectivity index (χ2v) is 21.6. The van der Waals surface area contributed by atoms with Crippen LogP contribution >= 0.6 is 0 Å². The van der Waals surface area contributed by atoms with Crippen molar-refractivity contribution in [3.8, 4) is 28.4 Å². The molecule has 340 valence electrons. The van der Waals surface area contributed by atoms with Crippen molar-refractivity contribution in [2.75, 3.05) is 13.2 Å². The minimum Gasteiger partial charge on any atom is -0.507 e. The van der Waals surface area contributed by atoms with Crippen LogP contribution in [-0.4, -0.2) is 24.1 Å². The zero-order chi connectivity index (χ0) is 46.0. The Balaban J connectivity index is 1.13. The molecule has 7 aliphatic rings. The maximum Gasteiger partial charge on any atom is 0.167 e. The van der Waals surface area contributed by atoms with Gasteiger partial charge in [-0.1, -0.05) is 162 Å². The van der Waals surface area contributed by atoms with Crippen molar-refractivity contribution in [3.63, 3.8) is 0 Å². The van der Waals surface area contributed by atoms with Crippen LogP contribution in [0, 0.1) is 35.0 Å². The average Bonchev–Trinajstić information content (AvgIpc) is 3.57. The number of phenolic OH excluding ortho intramolecular Hbond substituents is 1. The van der Waals surface area contributed by atoms with E-state index in [0.717, 1.165) is 83.4 Å². The predicted molar refractivity (Wildman–Crippen MR) is 273 cm³/mol. The van der Waals surface area contributed by atoms with E-state index in [1.807, 2.05) is 30.3 Å². The topological polar surface area (TPSA) is 55.8 Å². The second kappa shape index (κ2) is 17.2. The van der Waals surface area contributed by atoms with E-state index in [1.54, 1.807) is 0 Å². The first-order valence-electron chi connectivity index (χ1n) is 25.0. The fourth-order valence-electron chi connectivity index (χ4n) is 12.8. The predicted octanol–water partition coefficient (Wildman–Crippen LogP) is 14.8. The Hall–Kier alpha value is -6.13. The lowest BCUT2D eigenvalue weighted by Gasteiger charge is -2.49. The standard InChI is InChI=1S/C63H64O4/c1-62(2,3)42-35-51-47-25-13-15-29-56(47)66-31-18-32-67-57-30-16-14-26-48(57)52-37-43(38-54(61(52)65)58-44-22-8-6-7-19-39(44)33-40-20-9-11-23-45(40)58)63(4,5)55-28-17-27-49-50(55)34-41-21-10-12-24-46(41)59(49)53(36-42)60(51)64/h7,9-17,19,21,23-30,33,35,37-38,40,42,49-50,53,59,65H,6,8,18,20,22,31-32,34,36H2,1-5H3. The molecule has 1 aliphatic heterocycles. The summed E-state index contributed by atoms with van der Waals surface area (Å²) in [5.41, 5.74) is 13.9. The number of rotatable bonds is 1. The number of phenols is 1. The minimum atomic E-state index is -0.466. The third-order valence-corrected chi connectivity index (χ3v) is 16.4. The molecule has 4 aromatic rings. The van der Waals surface area contributed by atoms with Crippen LogP contribution in [0.5, 0.6) is 17.2 Å². The van der Waals surface area contributed by atoms with E-state index >= 15 is 4.79 Å². The van der Waals surface area contributed by atoms with Crippen LogP contribution in [0.1, 0.15) is 107 Å². The van der Waals surface area contributed by atoms with E-state index < -0.39 is 5.41 Å². The van der Waals surface area contributed by atoms with Crippen LogP contribution in [0.3, 0.4) is 0 Å². The Labute approximate surface area is 397 Å². The number of Topliss-reactive ketones (excluding diaryl/α,β-unsaturated/α-hetero) is 1. The summed E-state index contributed by atoms with van der Waals surface area (Å²) in [4.78, 5) is 15.6. The maximum atomic E-state index is 15.6. The maximum absolute atomic E-state index is 15.6. The lowest BCUT2D eigenvalue weighted by molar-refractivity contribution is -0.119. The van der Waals surface area contributed by atoms with Gasteiger partial charge in [0.15, 0.2) is 5.78 Å². The first kappa shape index (κ1) is 43.4. The first-order valence-corrected chi connectivity index (χ1v) is 25.0. The summed E-state index contributed by atoms with van der Waals surface area (Å²) in [6.45, 7) is 12.6. The summed E-state index contributed by atoms with van der Waals surface area (Å²) in [5, 5.41) is 13.0. The fourth-order valence-corrected chi connectivity index (χ4v) is 12.8. The van der Waals surface area contributed by atoms with Gasteiger partial charge in [-0.05, 0) is 125 Å². The van der Waals surface area contributed by atoms with Crippen molar-refractivity contribution in [2.45, 2.75) is 90.9 Å². The van der Waals surface area contributed by atoms with E-state index in [2.05, 4.69) is 150 Å². The molecule has 4 aromatic carbocycles. The molecular formula is C63H64O4. The largest absolute Gasteiger partial charge is 0.507 e. The van der Waals surface area contributed by atoms with Gasteiger partial charge in [0.1, 0.15) is 17.2 Å². The van der Waals surface area contributed by atoms with E-state index in [9.17, 15) is 5.11 Å². The van der Waals surface area contributed by atoms with Crippen molar-refractivity contribution in [1.29, 1.82) is 0 Å². The quantitative estimate of drug-likeness (QED) is 0.207. The number of carbonyl (C=O) groups excluding carboxylic acids is 1. The molecule has 0 amide bonds. The molecule has 6 aliphatic carbocycles. The third-order valence-electron chi connectivity index (χ3n) is 16.4. The lowest BCUT2D eigenvalue weighted by atomic mass is 9.54. The van der Waals surface area contributed by atoms with Crippen molar-refractivity contribution in [2.24, 2.45) is 35.0 Å². The van der Waals surface area contributed by atoms with Gasteiger partial charge < -0.3 is 14.6 Å². The number of hydrogen-bond acceptors (Lipinski definition) is 4. The molecule has 6 atom stereocenters. The van der Waals surface area contributed by atoms with Crippen LogP contribution in [0.15, 0.2) is 168 Å². The van der Waals surface area contributed by atoms with E-state index in [1.165, 1.54) is 39.0 Å². The average molecular weight is 885 g/mol. The smallest absolute Gasteiger partial charge is 0.167 e. The number of carbonyl (C=O) groups is 1. The second-order valence-electron chi connectivity index (χ2n) is 21.6. The van der Waals surface area contributed by atoms with Gasteiger partial charge in [0.2, 0.25) is 0 Å². The number of benzene rings is 4. The highest BCUT2D eigenvalue weighted by atomic mass is 16.5. The highest BCUT2D eigenvalue weighted by molar-refractivity contribution is 6.23. The zero-order valence-corrected chi connectivity index (χ0v) is 39.9. The molecule has 1 N–H and O–H groups in total. The van der Waals surface area contributed by atoms with Gasteiger partial charge in [0, 0.05) is 57.4 Å². The highest BCUT2D eigenvalue weighted by Gasteiger charge is 2.49. The molecule has 0 spiro atoms. The van der Waals surface area contributed by atoms with E-state index in [0.29, 0.717) is 25.4 Å². The van der Waals surface area contributed by atoms with Gasteiger partial charge in [-0.25, -0.2) is 0 Å². The number of para-hydroxylation sites is 2. The molecule has 4 heteroatoms. The Morgan fingerprint density at radius 2 is 1.49 bits per heavy atom. The van der Waals surface area contributed by atoms with Crippen molar-refractivity contribution in [1.82, 2.24) is 0 Å². The minimum absolute atomic E-state index is 0.00804. The molecule has 8 bridgehead atoms. The van der Waals surface area contributed by atoms with Crippen LogP contribution in [0.2, 0.25) is 0 Å². The van der Waals surface area contributed by atoms with Crippen LogP contribution in [0.25, 0.3) is 22.3 Å². The van der Waals surface area contributed by atoms with Gasteiger partial charge in [-0.15, -0.1) is 0 Å². The molecule has 0 radical (unpaired) electrons. The molecular weight excluding hydrogens is 821 g/mol. The first-order chi connectivity index (χ1) is 32.5. The molecule has 0 saturated carbocycles. The van der Waals surface area contributed by atoms with Crippen LogP contribution in [0.4, 0.5) is 0 Å². The van der Waals surface area contributed by atoms with Crippen molar-refractivity contribution < 1.29 is 19.4 Å². The summed E-state index contributed by atoms with van der Waals surface area (Å²) in [5.74, 6) is 2.43. The molecule has 67 heavy (non-hydrogen) atoms. The van der Waals surface area contributed by atoms with Crippen LogP contribution in [-0.2, 0) is 16.6 Å². The van der Waals surface area contributed by atoms with Gasteiger partial charge in [-0.3, -0.25) is 4.79 Å². The molecule has 11 rings (SSSR count). The summed E-state index contributed by atoms with van der Waals surface area (Å²) in [7, 11) is 0. The van der Waals surface area contributed by atoms with Crippen LogP contribution < -0.4 is 9.47 Å². The normalized spacial score (nSPS) is 26.3. The van der Waals surface area contributed by atoms with E-state index in [-0.39, 0.29) is 46.7 Å². The van der Waals surface area contributed by atoms with E-state index in [4.69, 9.17) is 9.47 Å². The molecule has 0 aromatic heterocycles. The fraction of sp³-hybridized carbons (Fsp3) is 0.349. The van der Waals surface area contributed by atoms with Crippen molar-refractivity contribution >= 4 is 16.9 Å². The SMILES string of the molecule is CC1(C)C2=CC=CC3C2Cc2ccccc2C3C2CC(C(C)(C)C)C=C(C2=O)c2ccccc2OCCCOc2ccccc2-c2cc1cc(C1=C3CCCC=CC3=CC3CC=CC=C13)c2O. The van der Waals surface area contributed by atoms with Crippen molar-refractivity contribution in [3.05, 3.63) is 196 Å². The number of fused-ring (bicyclic) bond motifs is 13. The monoisotopic (exact) mass is 884 g/mol. The summed E-state index contributed by atoms with van der Waals surface area (Å²) < 4.78 is 13.3. The van der Waals surface area contributed by atoms with Gasteiger partial charge >= 0.3 is 0 Å². The number of hydrogen-bond donors (Lipinski definition) is 1. The molecule has 0 fully saturated rings. The summed E-state index contributed by atoms with van der Waals surface area (Å²) in [6, 6.07) is 29.9. The lowest BCUT2D eigenvalue weighted by Crippen LogP contribution is -2.43. The summed E-state index contributed by atoms with van der Waals surface area (Å²) in [6.07, 6.45) is 29.6. The molecule has 1 heterocycles. The number of ether oxygens (including phenoxy) is 2. The molecule has 0 saturated heterocycles. The van der Waals surface area contributed by atoms with Gasteiger partial charge in [0.05, 0.1) is 13.2 Å². The Bertz CT molecular complexity index is 2910. The number of allylic oxidation sites excluding steroid dienone is 16. The third kappa shape index (κ3) is 7.65. The Morgan fingerprint density at radius 3 is 2.30 bits per heavy atom. The van der Waals surface area contributed by atoms with Gasteiger partial charge in [-0.2, -0.15) is 0 Å². The Morgan fingerprint density at radius 1 is 0.761 bits per heavy atom. The summed E-state index contributed by atoms with van der Waals surface area (Å²) >= 11 is 0. The molecule has 6 unspecified atom stereocenters. The van der Waals surface area contributed by atoms with Gasteiger partial charge in [0.25, 0.3) is 0 Å². The molecule has 4 nitrogen and oxygen atoms in total. The Kier molecular flexibility index (Phi) is 11.1. The zero-order valence-electron chi connectivity index (χ0n) is 39.9.